The van der Waals surface area contributed by atoms with E-state index < -0.39 is 0 Å². The van der Waals surface area contributed by atoms with Crippen molar-refractivity contribution in [3.05, 3.63) is 95.5 Å². The minimum absolute atomic E-state index is 0.214. The zero-order valence-electron chi connectivity index (χ0n) is 17.7. The van der Waals surface area contributed by atoms with E-state index in [-0.39, 0.29) is 5.91 Å². The molecule has 6 nitrogen and oxygen atoms in total. The molecule has 1 N–H and O–H groups in total. The maximum absolute atomic E-state index is 12.8. The number of nitrogens with zero attached hydrogens (tertiary/aromatic N) is 2. The van der Waals surface area contributed by atoms with Crippen molar-refractivity contribution < 1.29 is 14.3 Å². The van der Waals surface area contributed by atoms with Crippen LogP contribution in [0.5, 0.6) is 11.5 Å². The van der Waals surface area contributed by atoms with Crippen LogP contribution in [0, 0.1) is 0 Å². The molecule has 0 bridgehead atoms. The molecular weight excluding hydrogens is 426 g/mol. The summed E-state index contributed by atoms with van der Waals surface area (Å²) in [6.45, 7) is 0.396. The Kier molecular flexibility index (Phi) is 6.42. The summed E-state index contributed by atoms with van der Waals surface area (Å²) in [6.07, 6.45) is 3.19. The van der Waals surface area contributed by atoms with Crippen molar-refractivity contribution in [2.45, 2.75) is 6.54 Å². The van der Waals surface area contributed by atoms with E-state index in [1.54, 1.807) is 43.4 Å². The monoisotopic (exact) mass is 447 g/mol. The lowest BCUT2D eigenvalue weighted by Crippen LogP contribution is -2.25. The van der Waals surface area contributed by atoms with E-state index in [1.165, 1.54) is 0 Å². The van der Waals surface area contributed by atoms with Crippen molar-refractivity contribution in [1.29, 1.82) is 0 Å². The molecule has 0 saturated carbocycles. The van der Waals surface area contributed by atoms with E-state index >= 15 is 0 Å². The molecule has 32 heavy (non-hydrogen) atoms. The van der Waals surface area contributed by atoms with E-state index in [1.807, 2.05) is 54.6 Å². The molecule has 162 valence electrons. The predicted molar refractivity (Wildman–Crippen MR) is 125 cm³/mol. The van der Waals surface area contributed by atoms with Gasteiger partial charge in [0, 0.05) is 17.3 Å². The van der Waals surface area contributed by atoms with Gasteiger partial charge >= 0.3 is 0 Å². The van der Waals surface area contributed by atoms with Gasteiger partial charge in [0.05, 0.1) is 26.7 Å². The van der Waals surface area contributed by atoms with Crippen LogP contribution >= 0.6 is 11.6 Å². The average Bonchev–Trinajstić information content (AvgIpc) is 3.33. The first-order valence-corrected chi connectivity index (χ1v) is 10.3. The molecule has 0 unspecified atom stereocenters. The zero-order chi connectivity index (χ0) is 22.5. The minimum Gasteiger partial charge on any atom is -0.493 e. The highest BCUT2D eigenvalue weighted by Gasteiger charge is 2.14. The summed E-state index contributed by atoms with van der Waals surface area (Å²) in [5.41, 5.74) is 4.18. The predicted octanol–water partition coefficient (Wildman–Crippen LogP) is 5.14. The number of hydrogen-bond acceptors (Lipinski definition) is 4. The number of benzene rings is 3. The lowest BCUT2D eigenvalue weighted by atomic mass is 10.0. The van der Waals surface area contributed by atoms with Crippen molar-refractivity contribution in [3.8, 4) is 28.3 Å². The second kappa shape index (κ2) is 9.58. The molecule has 0 saturated heterocycles. The fourth-order valence-electron chi connectivity index (χ4n) is 3.40. The van der Waals surface area contributed by atoms with Gasteiger partial charge in [0.2, 0.25) is 0 Å². The Morgan fingerprint density at radius 3 is 2.47 bits per heavy atom. The van der Waals surface area contributed by atoms with Crippen LogP contribution in [0.2, 0.25) is 5.02 Å². The number of methoxy groups -OCH3 is 2. The van der Waals surface area contributed by atoms with Crippen LogP contribution in [0.3, 0.4) is 0 Å². The van der Waals surface area contributed by atoms with Gasteiger partial charge in [-0.15, -0.1) is 0 Å². The van der Waals surface area contributed by atoms with Crippen LogP contribution in [0.15, 0.2) is 79.3 Å². The fraction of sp³-hybridized carbons (Fsp3) is 0.120. The van der Waals surface area contributed by atoms with E-state index in [9.17, 15) is 4.79 Å². The number of nitrogens with one attached hydrogen (secondary N) is 1. The maximum atomic E-state index is 12.8. The Bertz CT molecular complexity index is 1240. The van der Waals surface area contributed by atoms with Crippen LogP contribution < -0.4 is 14.8 Å². The third-order valence-electron chi connectivity index (χ3n) is 5.08. The number of aromatic nitrogens is 2. The third-order valence-corrected chi connectivity index (χ3v) is 5.33. The molecule has 3 aromatic carbocycles. The lowest BCUT2D eigenvalue weighted by molar-refractivity contribution is 0.0944. The van der Waals surface area contributed by atoms with Gasteiger partial charge in [-0.1, -0.05) is 41.9 Å². The van der Waals surface area contributed by atoms with Crippen molar-refractivity contribution in [1.82, 2.24) is 14.9 Å². The number of rotatable bonds is 7. The molecule has 7 heteroatoms. The van der Waals surface area contributed by atoms with Gasteiger partial charge in [-0.05, 0) is 53.1 Å². The highest BCUT2D eigenvalue weighted by Crippen LogP contribution is 2.33. The Balaban J connectivity index is 1.57. The average molecular weight is 448 g/mol. The molecule has 1 amide bonds. The first-order chi connectivity index (χ1) is 15.6. The largest absolute Gasteiger partial charge is 0.493 e. The summed E-state index contributed by atoms with van der Waals surface area (Å²) in [5.74, 6) is 1.11. The minimum atomic E-state index is -0.214. The number of amides is 1. The summed E-state index contributed by atoms with van der Waals surface area (Å²) in [5, 5.41) is 3.59. The van der Waals surface area contributed by atoms with Crippen molar-refractivity contribution in [2.24, 2.45) is 0 Å². The molecular formula is C25H22ClN3O3. The van der Waals surface area contributed by atoms with Gasteiger partial charge in [0.15, 0.2) is 11.5 Å². The Morgan fingerprint density at radius 1 is 0.969 bits per heavy atom. The molecule has 0 spiro atoms. The summed E-state index contributed by atoms with van der Waals surface area (Å²) in [4.78, 5) is 17.0. The van der Waals surface area contributed by atoms with Gasteiger partial charge < -0.3 is 14.8 Å². The summed E-state index contributed by atoms with van der Waals surface area (Å²) < 4.78 is 12.5. The number of carbonyl (C=O) groups is 1. The third kappa shape index (κ3) is 4.60. The second-order valence-corrected chi connectivity index (χ2v) is 7.51. The number of imidazole rings is 1. The molecule has 0 aliphatic rings. The zero-order valence-corrected chi connectivity index (χ0v) is 18.5. The van der Waals surface area contributed by atoms with Crippen LogP contribution in [0.1, 0.15) is 16.1 Å². The first-order valence-electron chi connectivity index (χ1n) is 9.97. The Morgan fingerprint density at radius 2 is 1.72 bits per heavy atom. The Labute approximate surface area is 191 Å². The molecule has 4 aromatic rings. The molecule has 0 aliphatic heterocycles. The van der Waals surface area contributed by atoms with E-state index in [4.69, 9.17) is 21.1 Å². The lowest BCUT2D eigenvalue weighted by Gasteiger charge is -2.12. The first kappa shape index (κ1) is 21.5. The molecule has 0 radical (unpaired) electrons. The van der Waals surface area contributed by atoms with Crippen LogP contribution in [0.4, 0.5) is 0 Å². The quantitative estimate of drug-likeness (QED) is 0.426. The number of hydrogen-bond donors (Lipinski definition) is 1. The van der Waals surface area contributed by atoms with Gasteiger partial charge in [0.1, 0.15) is 5.69 Å². The number of ether oxygens (including phenoxy) is 2. The normalized spacial score (nSPS) is 10.6. The maximum Gasteiger partial charge on any atom is 0.270 e. The van der Waals surface area contributed by atoms with Crippen LogP contribution in [0.25, 0.3) is 16.8 Å². The summed E-state index contributed by atoms with van der Waals surface area (Å²) in [7, 11) is 3.22. The highest BCUT2D eigenvalue weighted by atomic mass is 35.5. The van der Waals surface area contributed by atoms with Crippen LogP contribution in [-0.4, -0.2) is 29.7 Å². The molecule has 0 atom stereocenters. The fourth-order valence-corrected chi connectivity index (χ4v) is 3.52. The summed E-state index contributed by atoms with van der Waals surface area (Å²) in [6, 6.07) is 21.0. The van der Waals surface area contributed by atoms with Gasteiger partial charge in [-0.25, -0.2) is 4.98 Å². The molecule has 0 aliphatic carbocycles. The highest BCUT2D eigenvalue weighted by molar-refractivity contribution is 6.30. The molecule has 0 fully saturated rings. The van der Waals surface area contributed by atoms with Crippen LogP contribution in [-0.2, 0) is 6.54 Å². The standard InChI is InChI=1S/C25H22ClN3O3/c1-31-23-11-8-19(13-24(23)32-2)18-4-3-5-21(12-18)29-16-27-15-22(29)25(30)28-14-17-6-9-20(26)10-7-17/h3-13,15-16H,14H2,1-2H3,(H,28,30). The number of carbonyl (C=O) groups excluding carboxylic acids is 1. The van der Waals surface area contributed by atoms with Crippen molar-refractivity contribution in [2.75, 3.05) is 14.2 Å². The van der Waals surface area contributed by atoms with Gasteiger partial charge in [-0.3, -0.25) is 9.36 Å². The second-order valence-electron chi connectivity index (χ2n) is 7.08. The SMILES string of the molecule is COc1ccc(-c2cccc(-n3cncc3C(=O)NCc3ccc(Cl)cc3)c2)cc1OC. The molecule has 1 heterocycles. The van der Waals surface area contributed by atoms with E-state index in [0.29, 0.717) is 28.8 Å². The smallest absolute Gasteiger partial charge is 0.270 e. The van der Waals surface area contributed by atoms with Crippen molar-refractivity contribution in [3.63, 3.8) is 0 Å². The number of halogens is 1. The van der Waals surface area contributed by atoms with Gasteiger partial charge in [-0.2, -0.15) is 0 Å². The van der Waals surface area contributed by atoms with E-state index in [0.717, 1.165) is 22.4 Å². The van der Waals surface area contributed by atoms with E-state index in [2.05, 4.69) is 10.3 Å². The molecule has 4 rings (SSSR count). The Hall–Kier alpha value is -3.77. The van der Waals surface area contributed by atoms with Gasteiger partial charge in [0.25, 0.3) is 5.91 Å². The van der Waals surface area contributed by atoms with Crippen molar-refractivity contribution >= 4 is 17.5 Å². The molecule has 1 aromatic heterocycles. The summed E-state index contributed by atoms with van der Waals surface area (Å²) >= 11 is 5.92. The topological polar surface area (TPSA) is 65.4 Å².